The van der Waals surface area contributed by atoms with Gasteiger partial charge in [0, 0.05) is 26.2 Å². The van der Waals surface area contributed by atoms with E-state index in [0.717, 1.165) is 11.1 Å². The van der Waals surface area contributed by atoms with Gasteiger partial charge >= 0.3 is 0 Å². The number of nitrogens with zero attached hydrogens (tertiary/aromatic N) is 2. The molecule has 1 aromatic heterocycles. The molecule has 6 nitrogen and oxygen atoms in total. The third-order valence-electron chi connectivity index (χ3n) is 4.47. The number of carbonyl (C=O) groups excluding carboxylic acids is 2. The molecule has 130 valence electrons. The molecule has 1 aliphatic rings. The Bertz CT molecular complexity index is 868. The number of fused-ring (bicyclic) bond motifs is 1. The van der Waals surface area contributed by atoms with Crippen LogP contribution < -0.4 is 10.9 Å². The van der Waals surface area contributed by atoms with Crippen LogP contribution in [0.15, 0.2) is 41.2 Å². The molecule has 1 aliphatic heterocycles. The Hall–Kier alpha value is -2.89. The van der Waals surface area contributed by atoms with E-state index in [-0.39, 0.29) is 11.5 Å². The molecule has 6 heteroatoms. The van der Waals surface area contributed by atoms with E-state index >= 15 is 0 Å². The first-order valence-corrected chi connectivity index (χ1v) is 8.38. The summed E-state index contributed by atoms with van der Waals surface area (Å²) in [6, 6.07) is 10.8. The van der Waals surface area contributed by atoms with Crippen LogP contribution in [0.5, 0.6) is 0 Å². The van der Waals surface area contributed by atoms with Gasteiger partial charge in [-0.2, -0.15) is 0 Å². The Morgan fingerprint density at radius 3 is 2.48 bits per heavy atom. The van der Waals surface area contributed by atoms with E-state index in [1.54, 1.807) is 11.0 Å². The number of aryl methyl sites for hydroxylation is 1. The van der Waals surface area contributed by atoms with Crippen molar-refractivity contribution in [3.05, 3.63) is 69.1 Å². The minimum atomic E-state index is -0.425. The zero-order chi connectivity index (χ0) is 18.0. The zero-order valence-corrected chi connectivity index (χ0v) is 14.4. The van der Waals surface area contributed by atoms with Crippen LogP contribution in [0, 0.1) is 6.92 Å². The van der Waals surface area contributed by atoms with E-state index in [9.17, 15) is 14.4 Å². The van der Waals surface area contributed by atoms with E-state index in [1.165, 1.54) is 10.6 Å². The maximum Gasteiger partial charge on any atom is 0.270 e. The molecule has 0 saturated heterocycles. The Morgan fingerprint density at radius 2 is 1.80 bits per heavy atom. The highest BCUT2D eigenvalue weighted by Gasteiger charge is 2.25. The van der Waals surface area contributed by atoms with E-state index in [4.69, 9.17) is 0 Å². The molecule has 0 atom stereocenters. The van der Waals surface area contributed by atoms with Gasteiger partial charge in [-0.15, -0.1) is 0 Å². The average molecular weight is 339 g/mol. The maximum atomic E-state index is 12.6. The Balaban J connectivity index is 1.79. The van der Waals surface area contributed by atoms with Crippen molar-refractivity contribution < 1.29 is 9.59 Å². The highest BCUT2D eigenvalue weighted by atomic mass is 16.2. The quantitative estimate of drug-likeness (QED) is 0.919. The summed E-state index contributed by atoms with van der Waals surface area (Å²) in [5.74, 6) is -0.594. The van der Waals surface area contributed by atoms with Crippen molar-refractivity contribution >= 4 is 11.8 Å². The third kappa shape index (κ3) is 3.33. The first-order valence-electron chi connectivity index (χ1n) is 8.38. The number of benzene rings is 1. The van der Waals surface area contributed by atoms with E-state index < -0.39 is 11.5 Å². The molecule has 2 amide bonds. The van der Waals surface area contributed by atoms with Crippen molar-refractivity contribution in [1.82, 2.24) is 14.8 Å². The number of carbonyl (C=O) groups is 2. The molecule has 1 N–H and O–H groups in total. The van der Waals surface area contributed by atoms with Gasteiger partial charge in [0.05, 0.1) is 0 Å². The standard InChI is InChI=1S/C19H21N3O3/c1-3-21-10-11-22-16(19(21)25)9-8-15(18(22)24)17(23)20-12-14-6-4-13(2)5-7-14/h4-9H,3,10-12H2,1-2H3,(H,20,23). The van der Waals surface area contributed by atoms with Gasteiger partial charge in [-0.05, 0) is 31.5 Å². The number of rotatable bonds is 4. The first-order chi connectivity index (χ1) is 12.0. The van der Waals surface area contributed by atoms with E-state index in [0.29, 0.717) is 31.9 Å². The second-order valence-corrected chi connectivity index (χ2v) is 6.14. The molecule has 0 fully saturated rings. The number of likely N-dealkylation sites (N-methyl/N-ethyl adjacent to an activating group) is 1. The minimum Gasteiger partial charge on any atom is -0.348 e. The van der Waals surface area contributed by atoms with Gasteiger partial charge in [0.25, 0.3) is 17.4 Å². The lowest BCUT2D eigenvalue weighted by Crippen LogP contribution is -2.45. The molecule has 0 bridgehead atoms. The summed E-state index contributed by atoms with van der Waals surface area (Å²) in [6.07, 6.45) is 0. The van der Waals surface area contributed by atoms with Crippen LogP contribution in [0.2, 0.25) is 0 Å². The summed E-state index contributed by atoms with van der Waals surface area (Å²) in [5.41, 5.74) is 2.10. The van der Waals surface area contributed by atoms with Crippen molar-refractivity contribution in [3.63, 3.8) is 0 Å². The Morgan fingerprint density at radius 1 is 1.08 bits per heavy atom. The van der Waals surface area contributed by atoms with Crippen LogP contribution >= 0.6 is 0 Å². The van der Waals surface area contributed by atoms with Gasteiger partial charge < -0.3 is 14.8 Å². The van der Waals surface area contributed by atoms with Crippen LogP contribution in [0.25, 0.3) is 0 Å². The Kier molecular flexibility index (Phi) is 4.70. The van der Waals surface area contributed by atoms with E-state index in [2.05, 4.69) is 5.32 Å². The lowest BCUT2D eigenvalue weighted by Gasteiger charge is -2.28. The van der Waals surface area contributed by atoms with Gasteiger partial charge in [0.15, 0.2) is 0 Å². The largest absolute Gasteiger partial charge is 0.348 e. The number of hydrogen-bond donors (Lipinski definition) is 1. The van der Waals surface area contributed by atoms with Crippen molar-refractivity contribution in [2.75, 3.05) is 13.1 Å². The molecule has 1 aromatic carbocycles. The summed E-state index contributed by atoms with van der Waals surface area (Å²) in [6.45, 7) is 5.74. The maximum absolute atomic E-state index is 12.6. The predicted octanol–water partition coefficient (Wildman–Crippen LogP) is 1.56. The Labute approximate surface area is 146 Å². The third-order valence-corrected chi connectivity index (χ3v) is 4.47. The zero-order valence-electron chi connectivity index (χ0n) is 14.4. The van der Waals surface area contributed by atoms with Crippen molar-refractivity contribution in [2.45, 2.75) is 26.9 Å². The molecule has 0 unspecified atom stereocenters. The van der Waals surface area contributed by atoms with Gasteiger partial charge in [-0.3, -0.25) is 14.4 Å². The highest BCUT2D eigenvalue weighted by molar-refractivity contribution is 5.96. The van der Waals surface area contributed by atoms with Crippen LogP contribution in [0.3, 0.4) is 0 Å². The fourth-order valence-corrected chi connectivity index (χ4v) is 2.93. The monoisotopic (exact) mass is 339 g/mol. The van der Waals surface area contributed by atoms with Crippen LogP contribution in [0.1, 0.15) is 38.9 Å². The molecule has 0 aliphatic carbocycles. The van der Waals surface area contributed by atoms with Gasteiger partial charge in [-0.25, -0.2) is 0 Å². The van der Waals surface area contributed by atoms with Crippen molar-refractivity contribution in [2.24, 2.45) is 0 Å². The number of hydrogen-bond acceptors (Lipinski definition) is 3. The fourth-order valence-electron chi connectivity index (χ4n) is 2.93. The number of nitrogens with one attached hydrogen (secondary N) is 1. The predicted molar refractivity (Wildman–Crippen MR) is 94.6 cm³/mol. The average Bonchev–Trinajstić information content (AvgIpc) is 2.62. The smallest absolute Gasteiger partial charge is 0.270 e. The van der Waals surface area contributed by atoms with Gasteiger partial charge in [0.2, 0.25) is 0 Å². The van der Waals surface area contributed by atoms with Crippen LogP contribution in [-0.2, 0) is 13.1 Å². The number of pyridine rings is 1. The minimum absolute atomic E-state index is 0.0635. The molecule has 0 saturated carbocycles. The molecule has 0 radical (unpaired) electrons. The SMILES string of the molecule is CCN1CCn2c(ccc(C(=O)NCc3ccc(C)cc3)c2=O)C1=O. The van der Waals surface area contributed by atoms with Crippen molar-refractivity contribution in [3.8, 4) is 0 Å². The van der Waals surface area contributed by atoms with E-state index in [1.807, 2.05) is 38.1 Å². The molecular weight excluding hydrogens is 318 g/mol. The lowest BCUT2D eigenvalue weighted by molar-refractivity contribution is 0.0709. The van der Waals surface area contributed by atoms with Crippen LogP contribution in [-0.4, -0.2) is 34.4 Å². The molecule has 2 aromatic rings. The number of aromatic nitrogens is 1. The lowest BCUT2D eigenvalue weighted by atomic mass is 10.1. The molecule has 2 heterocycles. The molecule has 3 rings (SSSR count). The normalized spacial score (nSPS) is 13.5. The number of amides is 2. The van der Waals surface area contributed by atoms with Crippen LogP contribution in [0.4, 0.5) is 0 Å². The van der Waals surface area contributed by atoms with Crippen molar-refractivity contribution in [1.29, 1.82) is 0 Å². The molecule has 25 heavy (non-hydrogen) atoms. The fraction of sp³-hybridized carbons (Fsp3) is 0.316. The second kappa shape index (κ2) is 6.93. The topological polar surface area (TPSA) is 71.4 Å². The summed E-state index contributed by atoms with van der Waals surface area (Å²) in [5, 5.41) is 2.77. The summed E-state index contributed by atoms with van der Waals surface area (Å²) < 4.78 is 1.40. The second-order valence-electron chi connectivity index (χ2n) is 6.14. The first kappa shape index (κ1) is 17.0. The summed E-state index contributed by atoms with van der Waals surface area (Å²) in [7, 11) is 0. The summed E-state index contributed by atoms with van der Waals surface area (Å²) >= 11 is 0. The summed E-state index contributed by atoms with van der Waals surface area (Å²) in [4.78, 5) is 38.9. The van der Waals surface area contributed by atoms with Gasteiger partial charge in [0.1, 0.15) is 11.3 Å². The molecule has 0 spiro atoms. The highest BCUT2D eigenvalue weighted by Crippen LogP contribution is 2.11. The van der Waals surface area contributed by atoms with Gasteiger partial charge in [-0.1, -0.05) is 29.8 Å². The molecular formula is C19H21N3O3.